The normalized spacial score (nSPS) is 33.7. The van der Waals surface area contributed by atoms with E-state index < -0.39 is 5.60 Å². The number of hydrogen-bond acceptors (Lipinski definition) is 1. The van der Waals surface area contributed by atoms with Crippen molar-refractivity contribution in [2.24, 2.45) is 0 Å². The van der Waals surface area contributed by atoms with Crippen molar-refractivity contribution >= 4 is 23.2 Å². The molecule has 1 N–H and O–H groups in total. The average molecular weight is 181 g/mol. The van der Waals surface area contributed by atoms with Crippen molar-refractivity contribution in [3.05, 3.63) is 11.1 Å². The molecule has 0 aromatic carbocycles. The van der Waals surface area contributed by atoms with E-state index in [9.17, 15) is 5.11 Å². The zero-order valence-electron chi connectivity index (χ0n) is 5.61. The molecule has 0 radical (unpaired) electrons. The fourth-order valence-corrected chi connectivity index (χ4v) is 1.65. The van der Waals surface area contributed by atoms with Gasteiger partial charge in [-0.2, -0.15) is 0 Å². The van der Waals surface area contributed by atoms with Gasteiger partial charge in [-0.1, -0.05) is 11.6 Å². The highest BCUT2D eigenvalue weighted by molar-refractivity contribution is 6.29. The first-order valence-electron chi connectivity index (χ1n) is 3.32. The van der Waals surface area contributed by atoms with E-state index in [0.717, 1.165) is 24.3 Å². The van der Waals surface area contributed by atoms with Crippen molar-refractivity contribution in [2.75, 3.05) is 5.88 Å². The fraction of sp³-hybridized carbons (Fsp3) is 0.714. The van der Waals surface area contributed by atoms with E-state index >= 15 is 0 Å². The molecule has 3 heteroatoms. The molecule has 58 valence electrons. The van der Waals surface area contributed by atoms with Gasteiger partial charge in [-0.25, -0.2) is 0 Å². The van der Waals surface area contributed by atoms with Crippen LogP contribution in [-0.4, -0.2) is 16.6 Å². The molecule has 1 nitrogen and oxygen atoms in total. The summed E-state index contributed by atoms with van der Waals surface area (Å²) in [6.45, 7) is 0. The van der Waals surface area contributed by atoms with E-state index in [1.165, 1.54) is 0 Å². The Hall–Kier alpha value is 0.280. The summed E-state index contributed by atoms with van der Waals surface area (Å²) in [6.07, 6.45) is 4.19. The van der Waals surface area contributed by atoms with Crippen LogP contribution >= 0.6 is 23.2 Å². The Morgan fingerprint density at radius 2 is 2.40 bits per heavy atom. The van der Waals surface area contributed by atoms with Gasteiger partial charge in [0.15, 0.2) is 0 Å². The number of aliphatic hydroxyl groups is 1. The van der Waals surface area contributed by atoms with Gasteiger partial charge in [0.25, 0.3) is 0 Å². The Morgan fingerprint density at radius 3 is 2.80 bits per heavy atom. The van der Waals surface area contributed by atoms with Gasteiger partial charge in [0.05, 0.1) is 11.5 Å². The Bertz CT molecular complexity index is 156. The van der Waals surface area contributed by atoms with Gasteiger partial charge in [0, 0.05) is 5.03 Å². The lowest BCUT2D eigenvalue weighted by Gasteiger charge is -2.25. The van der Waals surface area contributed by atoms with Crippen molar-refractivity contribution in [1.29, 1.82) is 0 Å². The summed E-state index contributed by atoms with van der Waals surface area (Å²) in [7, 11) is 0. The lowest BCUT2D eigenvalue weighted by atomic mass is 9.93. The third kappa shape index (κ3) is 1.88. The predicted octanol–water partition coefficient (Wildman–Crippen LogP) is 2.26. The quantitative estimate of drug-likeness (QED) is 0.615. The molecule has 1 atom stereocenters. The summed E-state index contributed by atoms with van der Waals surface area (Å²) >= 11 is 11.3. The molecular formula is C7H10Cl2O. The smallest absolute Gasteiger partial charge is 0.0976 e. The molecule has 1 aliphatic carbocycles. The van der Waals surface area contributed by atoms with Crippen molar-refractivity contribution in [3.63, 3.8) is 0 Å². The summed E-state index contributed by atoms with van der Waals surface area (Å²) < 4.78 is 0. The lowest BCUT2D eigenvalue weighted by molar-refractivity contribution is 0.0976. The van der Waals surface area contributed by atoms with E-state index in [-0.39, 0.29) is 5.88 Å². The summed E-state index contributed by atoms with van der Waals surface area (Å²) in [5, 5.41) is 10.3. The van der Waals surface area contributed by atoms with Crippen LogP contribution in [0.4, 0.5) is 0 Å². The van der Waals surface area contributed by atoms with Crippen LogP contribution in [0.2, 0.25) is 0 Å². The summed E-state index contributed by atoms with van der Waals surface area (Å²) in [6, 6.07) is 0. The SMILES string of the molecule is O[C@@]1(CCl)C=C(Cl)CCC1. The van der Waals surface area contributed by atoms with Gasteiger partial charge in [0.1, 0.15) is 0 Å². The van der Waals surface area contributed by atoms with Crippen LogP contribution in [0.25, 0.3) is 0 Å². The second kappa shape index (κ2) is 3.12. The predicted molar refractivity (Wildman–Crippen MR) is 43.5 cm³/mol. The molecular weight excluding hydrogens is 171 g/mol. The number of allylic oxidation sites excluding steroid dienone is 1. The van der Waals surface area contributed by atoms with Crippen LogP contribution in [-0.2, 0) is 0 Å². The van der Waals surface area contributed by atoms with Crippen LogP contribution in [0.3, 0.4) is 0 Å². The first kappa shape index (κ1) is 8.38. The van der Waals surface area contributed by atoms with E-state index in [2.05, 4.69) is 0 Å². The molecule has 0 amide bonds. The van der Waals surface area contributed by atoms with E-state index in [1.807, 2.05) is 0 Å². The highest BCUT2D eigenvalue weighted by Crippen LogP contribution is 2.29. The molecule has 1 rings (SSSR count). The fourth-order valence-electron chi connectivity index (χ4n) is 1.10. The van der Waals surface area contributed by atoms with E-state index in [4.69, 9.17) is 23.2 Å². The molecule has 10 heavy (non-hydrogen) atoms. The molecule has 0 aromatic rings. The number of halogens is 2. The third-order valence-corrected chi connectivity index (χ3v) is 2.44. The molecule has 0 unspecified atom stereocenters. The van der Waals surface area contributed by atoms with E-state index in [1.54, 1.807) is 6.08 Å². The molecule has 0 aromatic heterocycles. The second-order valence-corrected chi connectivity index (χ2v) is 3.43. The lowest BCUT2D eigenvalue weighted by Crippen LogP contribution is -2.30. The second-order valence-electron chi connectivity index (χ2n) is 2.68. The first-order valence-corrected chi connectivity index (χ1v) is 4.23. The minimum absolute atomic E-state index is 0.239. The molecule has 0 saturated carbocycles. The highest BCUT2D eigenvalue weighted by atomic mass is 35.5. The Balaban J connectivity index is 2.69. The standard InChI is InChI=1S/C7H10Cl2O/c8-5-7(10)3-1-2-6(9)4-7/h4,10H,1-3,5H2/t7-/m1/s1. The summed E-state index contributed by atoms with van der Waals surface area (Å²) in [5.74, 6) is 0.239. The van der Waals surface area contributed by atoms with Crippen LogP contribution in [0, 0.1) is 0 Å². The minimum atomic E-state index is -0.836. The topological polar surface area (TPSA) is 20.2 Å². The molecule has 0 spiro atoms. The van der Waals surface area contributed by atoms with Crippen LogP contribution in [0.1, 0.15) is 19.3 Å². The number of rotatable bonds is 1. The zero-order valence-corrected chi connectivity index (χ0v) is 7.12. The Kier molecular flexibility index (Phi) is 2.61. The first-order chi connectivity index (χ1) is 4.66. The van der Waals surface area contributed by atoms with Crippen molar-refractivity contribution in [3.8, 4) is 0 Å². The molecule has 1 aliphatic rings. The van der Waals surface area contributed by atoms with Gasteiger partial charge in [-0.15, -0.1) is 11.6 Å². The van der Waals surface area contributed by atoms with Gasteiger partial charge in [-0.05, 0) is 25.3 Å². The Labute approximate surface area is 70.6 Å². The summed E-state index contributed by atoms with van der Waals surface area (Å²) in [5.41, 5.74) is -0.836. The van der Waals surface area contributed by atoms with Gasteiger partial charge in [-0.3, -0.25) is 0 Å². The van der Waals surface area contributed by atoms with Crippen molar-refractivity contribution in [1.82, 2.24) is 0 Å². The average Bonchev–Trinajstić information content (AvgIpc) is 1.88. The molecule has 0 bridgehead atoms. The minimum Gasteiger partial charge on any atom is -0.384 e. The maximum Gasteiger partial charge on any atom is 0.0976 e. The maximum absolute atomic E-state index is 9.56. The van der Waals surface area contributed by atoms with Crippen molar-refractivity contribution < 1.29 is 5.11 Å². The molecule has 0 heterocycles. The summed E-state index contributed by atoms with van der Waals surface area (Å²) in [4.78, 5) is 0. The highest BCUT2D eigenvalue weighted by Gasteiger charge is 2.26. The molecule has 0 fully saturated rings. The number of hydrogen-bond donors (Lipinski definition) is 1. The molecule has 0 aliphatic heterocycles. The van der Waals surface area contributed by atoms with Crippen molar-refractivity contribution in [2.45, 2.75) is 24.9 Å². The maximum atomic E-state index is 9.56. The Morgan fingerprint density at radius 1 is 1.70 bits per heavy atom. The van der Waals surface area contributed by atoms with E-state index in [0.29, 0.717) is 0 Å². The van der Waals surface area contributed by atoms with Crippen LogP contribution < -0.4 is 0 Å². The van der Waals surface area contributed by atoms with Gasteiger partial charge < -0.3 is 5.11 Å². The largest absolute Gasteiger partial charge is 0.384 e. The third-order valence-electron chi connectivity index (χ3n) is 1.68. The van der Waals surface area contributed by atoms with Gasteiger partial charge >= 0.3 is 0 Å². The molecule has 0 saturated heterocycles. The van der Waals surface area contributed by atoms with Crippen LogP contribution in [0.5, 0.6) is 0 Å². The van der Waals surface area contributed by atoms with Gasteiger partial charge in [0.2, 0.25) is 0 Å². The number of alkyl halides is 1. The monoisotopic (exact) mass is 180 g/mol. The van der Waals surface area contributed by atoms with Crippen LogP contribution in [0.15, 0.2) is 11.1 Å². The zero-order chi connectivity index (χ0) is 7.61.